The minimum Gasteiger partial charge on any atom is -0.383 e. The predicted molar refractivity (Wildman–Crippen MR) is 79.8 cm³/mol. The molecule has 0 aromatic heterocycles. The fourth-order valence-corrected chi connectivity index (χ4v) is 3.33. The lowest BCUT2D eigenvalue weighted by atomic mass is 9.85. The standard InChI is InChI=1S/C15H27N3O3/c1-10(14(19)16-7-8-21-2)17-15(20)13-9-11-5-3-4-6-12(11)18-13/h10-13,18H,3-9H2,1-2H3,(H,16,19)(H,17,20). The average Bonchev–Trinajstić information content (AvgIpc) is 2.91. The van der Waals surface area contributed by atoms with Crippen molar-refractivity contribution in [3.8, 4) is 0 Å². The Bertz CT molecular complexity index is 361. The number of amides is 2. The van der Waals surface area contributed by atoms with Crippen molar-refractivity contribution in [3.05, 3.63) is 0 Å². The highest BCUT2D eigenvalue weighted by molar-refractivity contribution is 5.89. The van der Waals surface area contributed by atoms with Gasteiger partial charge in [-0.2, -0.15) is 0 Å². The van der Waals surface area contributed by atoms with Gasteiger partial charge in [0.1, 0.15) is 6.04 Å². The molecule has 120 valence electrons. The Balaban J connectivity index is 1.74. The van der Waals surface area contributed by atoms with Crippen LogP contribution in [0, 0.1) is 5.92 Å². The molecule has 1 aliphatic carbocycles. The first-order chi connectivity index (χ1) is 10.1. The van der Waals surface area contributed by atoms with Gasteiger partial charge in [-0.25, -0.2) is 0 Å². The van der Waals surface area contributed by atoms with Gasteiger partial charge in [0.15, 0.2) is 0 Å². The molecule has 0 aromatic carbocycles. The molecule has 6 nitrogen and oxygen atoms in total. The third-order valence-corrected chi connectivity index (χ3v) is 4.54. The maximum absolute atomic E-state index is 12.3. The van der Waals surface area contributed by atoms with Crippen LogP contribution >= 0.6 is 0 Å². The van der Waals surface area contributed by atoms with Gasteiger partial charge >= 0.3 is 0 Å². The van der Waals surface area contributed by atoms with E-state index in [-0.39, 0.29) is 17.9 Å². The largest absolute Gasteiger partial charge is 0.383 e. The van der Waals surface area contributed by atoms with Gasteiger partial charge in [-0.1, -0.05) is 12.8 Å². The van der Waals surface area contributed by atoms with Crippen molar-refractivity contribution in [2.75, 3.05) is 20.3 Å². The van der Waals surface area contributed by atoms with Gasteiger partial charge in [-0.05, 0) is 32.1 Å². The smallest absolute Gasteiger partial charge is 0.242 e. The molecule has 1 aliphatic heterocycles. The van der Waals surface area contributed by atoms with E-state index in [0.29, 0.717) is 25.1 Å². The number of methoxy groups -OCH3 is 1. The maximum atomic E-state index is 12.3. The van der Waals surface area contributed by atoms with Crippen molar-refractivity contribution in [3.63, 3.8) is 0 Å². The Hall–Kier alpha value is -1.14. The van der Waals surface area contributed by atoms with Gasteiger partial charge in [-0.15, -0.1) is 0 Å². The molecule has 6 heteroatoms. The zero-order chi connectivity index (χ0) is 15.2. The highest BCUT2D eigenvalue weighted by Gasteiger charge is 2.38. The van der Waals surface area contributed by atoms with Crippen molar-refractivity contribution >= 4 is 11.8 Å². The van der Waals surface area contributed by atoms with Crippen molar-refractivity contribution in [2.45, 2.75) is 57.2 Å². The zero-order valence-corrected chi connectivity index (χ0v) is 13.0. The van der Waals surface area contributed by atoms with Gasteiger partial charge in [0.2, 0.25) is 11.8 Å². The van der Waals surface area contributed by atoms with Gasteiger partial charge in [0.05, 0.1) is 12.6 Å². The SMILES string of the molecule is COCCNC(=O)C(C)NC(=O)C1CC2CCCCC2N1. The molecule has 0 bridgehead atoms. The minimum atomic E-state index is -0.515. The summed E-state index contributed by atoms with van der Waals surface area (Å²) >= 11 is 0. The average molecular weight is 297 g/mol. The molecule has 2 rings (SSSR count). The number of ether oxygens (including phenoxy) is 1. The van der Waals surface area contributed by atoms with Gasteiger partial charge < -0.3 is 20.7 Å². The second-order valence-electron chi connectivity index (χ2n) is 6.12. The molecule has 3 N–H and O–H groups in total. The lowest BCUT2D eigenvalue weighted by Gasteiger charge is -2.24. The normalized spacial score (nSPS) is 29.5. The van der Waals surface area contributed by atoms with E-state index in [9.17, 15) is 9.59 Å². The summed E-state index contributed by atoms with van der Waals surface area (Å²) in [5.74, 6) is 0.398. The molecular formula is C15H27N3O3. The zero-order valence-electron chi connectivity index (χ0n) is 13.0. The van der Waals surface area contributed by atoms with Crippen LogP contribution in [0.5, 0.6) is 0 Å². The summed E-state index contributed by atoms with van der Waals surface area (Å²) in [6.07, 6.45) is 5.81. The third kappa shape index (κ3) is 4.41. The predicted octanol–water partition coefficient (Wildman–Crippen LogP) is 0.174. The molecule has 4 atom stereocenters. The van der Waals surface area contributed by atoms with Crippen LogP contribution in [0.3, 0.4) is 0 Å². The number of carbonyl (C=O) groups excluding carboxylic acids is 2. The van der Waals surface area contributed by atoms with Crippen LogP contribution in [0.15, 0.2) is 0 Å². The first-order valence-electron chi connectivity index (χ1n) is 7.95. The van der Waals surface area contributed by atoms with E-state index in [1.165, 1.54) is 25.7 Å². The van der Waals surface area contributed by atoms with E-state index >= 15 is 0 Å². The van der Waals surface area contributed by atoms with Crippen LogP contribution < -0.4 is 16.0 Å². The van der Waals surface area contributed by atoms with E-state index in [1.807, 2.05) is 0 Å². The molecule has 2 fully saturated rings. The number of fused-ring (bicyclic) bond motifs is 1. The summed E-state index contributed by atoms with van der Waals surface area (Å²) in [5.41, 5.74) is 0. The topological polar surface area (TPSA) is 79.5 Å². The van der Waals surface area contributed by atoms with E-state index in [1.54, 1.807) is 14.0 Å². The number of hydrogen-bond acceptors (Lipinski definition) is 4. The van der Waals surface area contributed by atoms with Crippen molar-refractivity contribution in [2.24, 2.45) is 5.92 Å². The van der Waals surface area contributed by atoms with Crippen LogP contribution in [-0.2, 0) is 14.3 Å². The Kier molecular flexibility index (Phi) is 5.99. The highest BCUT2D eigenvalue weighted by atomic mass is 16.5. The van der Waals surface area contributed by atoms with Crippen molar-refractivity contribution in [1.29, 1.82) is 0 Å². The Labute approximate surface area is 126 Å². The molecule has 1 saturated carbocycles. The lowest BCUT2D eigenvalue weighted by Crippen LogP contribution is -2.51. The summed E-state index contributed by atoms with van der Waals surface area (Å²) < 4.78 is 4.88. The van der Waals surface area contributed by atoms with Crippen molar-refractivity contribution in [1.82, 2.24) is 16.0 Å². The second-order valence-corrected chi connectivity index (χ2v) is 6.12. The first kappa shape index (κ1) is 16.2. The Morgan fingerprint density at radius 1 is 1.33 bits per heavy atom. The van der Waals surface area contributed by atoms with Gasteiger partial charge in [-0.3, -0.25) is 9.59 Å². The van der Waals surface area contributed by atoms with Gasteiger partial charge in [0.25, 0.3) is 0 Å². The summed E-state index contributed by atoms with van der Waals surface area (Å²) in [7, 11) is 1.59. The second kappa shape index (κ2) is 7.75. The summed E-state index contributed by atoms with van der Waals surface area (Å²) in [5, 5.41) is 8.96. The monoisotopic (exact) mass is 297 g/mol. The summed E-state index contributed by atoms with van der Waals surface area (Å²) in [4.78, 5) is 24.1. The lowest BCUT2D eigenvalue weighted by molar-refractivity contribution is -0.129. The number of nitrogens with one attached hydrogen (secondary N) is 3. The fourth-order valence-electron chi connectivity index (χ4n) is 3.33. The van der Waals surface area contributed by atoms with Crippen LogP contribution in [0.4, 0.5) is 0 Å². The Morgan fingerprint density at radius 2 is 2.10 bits per heavy atom. The van der Waals surface area contributed by atoms with Crippen LogP contribution in [0.25, 0.3) is 0 Å². The molecule has 0 radical (unpaired) electrons. The highest BCUT2D eigenvalue weighted by Crippen LogP contribution is 2.33. The maximum Gasteiger partial charge on any atom is 0.242 e. The molecule has 1 saturated heterocycles. The molecule has 4 unspecified atom stereocenters. The summed E-state index contributed by atoms with van der Waals surface area (Å²) in [6, 6.07) is -0.175. The minimum absolute atomic E-state index is 0.0567. The first-order valence-corrected chi connectivity index (χ1v) is 7.95. The van der Waals surface area contributed by atoms with E-state index in [0.717, 1.165) is 6.42 Å². The molecule has 0 spiro atoms. The van der Waals surface area contributed by atoms with Crippen LogP contribution in [0.1, 0.15) is 39.0 Å². The number of rotatable bonds is 6. The molecular weight excluding hydrogens is 270 g/mol. The quantitative estimate of drug-likeness (QED) is 0.611. The Morgan fingerprint density at radius 3 is 2.81 bits per heavy atom. The van der Waals surface area contributed by atoms with Crippen LogP contribution in [-0.4, -0.2) is 50.2 Å². The number of hydrogen-bond donors (Lipinski definition) is 3. The molecule has 0 aromatic rings. The molecule has 2 amide bonds. The summed E-state index contributed by atoms with van der Waals surface area (Å²) in [6.45, 7) is 2.64. The van der Waals surface area contributed by atoms with E-state index in [2.05, 4.69) is 16.0 Å². The number of carbonyl (C=O) groups is 2. The van der Waals surface area contributed by atoms with Crippen LogP contribution in [0.2, 0.25) is 0 Å². The fraction of sp³-hybridized carbons (Fsp3) is 0.867. The van der Waals surface area contributed by atoms with Gasteiger partial charge in [0, 0.05) is 19.7 Å². The van der Waals surface area contributed by atoms with E-state index < -0.39 is 6.04 Å². The molecule has 2 aliphatic rings. The van der Waals surface area contributed by atoms with Crippen molar-refractivity contribution < 1.29 is 14.3 Å². The van der Waals surface area contributed by atoms with E-state index in [4.69, 9.17) is 4.74 Å². The molecule has 21 heavy (non-hydrogen) atoms. The third-order valence-electron chi connectivity index (χ3n) is 4.54. The molecule has 1 heterocycles.